The number of nitrogens with zero attached hydrogens (tertiary/aromatic N) is 2. The fraction of sp³-hybridized carbons (Fsp3) is 0.400. The molecule has 0 saturated carbocycles. The molecule has 4 aliphatic rings. The Kier molecular flexibility index (Phi) is 9.66. The maximum Gasteiger partial charge on any atom is 0.200 e. The van der Waals surface area contributed by atoms with Crippen LogP contribution in [0.3, 0.4) is 0 Å². The first-order valence-electron chi connectivity index (χ1n) is 19.9. The van der Waals surface area contributed by atoms with Crippen LogP contribution < -0.4 is 9.68 Å². The van der Waals surface area contributed by atoms with Gasteiger partial charge in [0.25, 0.3) is 0 Å². The van der Waals surface area contributed by atoms with E-state index in [0.717, 1.165) is 17.8 Å². The molecule has 0 N–H and O–H groups in total. The molecule has 1 radical (unpaired) electrons. The number of thiophene rings is 1. The van der Waals surface area contributed by atoms with Gasteiger partial charge in [-0.1, -0.05) is 142 Å². The maximum absolute atomic E-state index is 4.75. The van der Waals surface area contributed by atoms with E-state index in [1.165, 1.54) is 66.8 Å². The molecule has 2 nitrogen and oxygen atoms in total. The van der Waals surface area contributed by atoms with E-state index in [9.17, 15) is 0 Å². The Morgan fingerprint density at radius 1 is 0.944 bits per heavy atom. The van der Waals surface area contributed by atoms with Gasteiger partial charge in [-0.05, 0) is 99.3 Å². The molecule has 4 heteroatoms. The van der Waals surface area contributed by atoms with Crippen LogP contribution in [0.4, 0.5) is 5.69 Å². The highest BCUT2D eigenvalue weighted by atomic mass is 32.1. The average Bonchev–Trinajstić information content (AvgIpc) is 3.57. The summed E-state index contributed by atoms with van der Waals surface area (Å²) < 4.78 is 2.63. The topological polar surface area (TPSA) is 6.48 Å². The molecule has 0 amide bonds. The summed E-state index contributed by atoms with van der Waals surface area (Å²) in [5.41, 5.74) is 12.1. The van der Waals surface area contributed by atoms with Crippen molar-refractivity contribution >= 4 is 39.2 Å². The van der Waals surface area contributed by atoms with Gasteiger partial charge in [-0.15, -0.1) is 17.9 Å². The summed E-state index contributed by atoms with van der Waals surface area (Å²) in [6, 6.07) is 14.1. The normalized spacial score (nSPS) is 25.8. The SMILES string of the molecule is C=C/C=C1\C=C\N(C(C=C)C2C(=C)C(C)(C)c3ccccc32)/C(C)=C\[B]c2sc3cc4c(cc3c2N1C1C=CC(C(C)(C)C)=CC1)C(C)(C)CCC4(C)C. The van der Waals surface area contributed by atoms with Gasteiger partial charge >= 0.3 is 0 Å². The molecule has 2 heterocycles. The van der Waals surface area contributed by atoms with Gasteiger partial charge in [-0.3, -0.25) is 0 Å². The molecule has 7 rings (SSSR count). The summed E-state index contributed by atoms with van der Waals surface area (Å²) in [6.45, 7) is 37.0. The zero-order chi connectivity index (χ0) is 39.0. The minimum atomic E-state index is -0.126. The molecule has 1 aromatic heterocycles. The summed E-state index contributed by atoms with van der Waals surface area (Å²) >= 11 is 1.93. The van der Waals surface area contributed by atoms with E-state index in [2.05, 4.69) is 185 Å². The van der Waals surface area contributed by atoms with Crippen LogP contribution in [0.5, 0.6) is 0 Å². The molecule has 3 aliphatic carbocycles. The number of hydrogen-bond acceptors (Lipinski definition) is 3. The number of allylic oxidation sites excluding steroid dienone is 6. The van der Waals surface area contributed by atoms with Crippen LogP contribution in [-0.2, 0) is 16.2 Å². The first-order valence-corrected chi connectivity index (χ1v) is 20.7. The molecule has 279 valence electrons. The van der Waals surface area contributed by atoms with Gasteiger partial charge in [-0.2, -0.15) is 0 Å². The molecular weight excluding hydrogens is 671 g/mol. The van der Waals surface area contributed by atoms with E-state index in [1.807, 2.05) is 17.4 Å². The highest BCUT2D eigenvalue weighted by Crippen LogP contribution is 2.53. The highest BCUT2D eigenvalue weighted by Gasteiger charge is 2.44. The first-order chi connectivity index (χ1) is 25.4. The Hall–Kier alpha value is -4.02. The fourth-order valence-corrected chi connectivity index (χ4v) is 10.6. The zero-order valence-electron chi connectivity index (χ0n) is 34.5. The lowest BCUT2D eigenvalue weighted by Crippen LogP contribution is -2.39. The molecule has 3 atom stereocenters. The van der Waals surface area contributed by atoms with Gasteiger partial charge in [0.15, 0.2) is 7.28 Å². The van der Waals surface area contributed by atoms with Crippen molar-refractivity contribution in [3.8, 4) is 0 Å². The van der Waals surface area contributed by atoms with Gasteiger partial charge in [0, 0.05) is 39.0 Å². The minimum Gasteiger partial charge on any atom is -0.345 e. The van der Waals surface area contributed by atoms with Gasteiger partial charge < -0.3 is 9.80 Å². The second-order valence-corrected chi connectivity index (χ2v) is 20.0. The molecule has 2 aromatic carbocycles. The monoisotopic (exact) mass is 731 g/mol. The molecule has 0 saturated heterocycles. The number of anilines is 1. The van der Waals surface area contributed by atoms with E-state index in [-0.39, 0.29) is 39.7 Å². The highest BCUT2D eigenvalue weighted by molar-refractivity contribution is 7.28. The van der Waals surface area contributed by atoms with E-state index < -0.39 is 0 Å². The van der Waals surface area contributed by atoms with Gasteiger partial charge in [0.2, 0.25) is 0 Å². The molecule has 54 heavy (non-hydrogen) atoms. The molecule has 3 unspecified atom stereocenters. The first kappa shape index (κ1) is 38.3. The quantitative estimate of drug-likeness (QED) is 0.190. The summed E-state index contributed by atoms with van der Waals surface area (Å²) in [7, 11) is 2.37. The van der Waals surface area contributed by atoms with Crippen molar-refractivity contribution < 1.29 is 0 Å². The summed E-state index contributed by atoms with van der Waals surface area (Å²) in [4.78, 5) is 5.02. The number of rotatable bonds is 5. The van der Waals surface area contributed by atoms with Crippen LogP contribution in [0, 0.1) is 5.41 Å². The lowest BCUT2D eigenvalue weighted by atomic mass is 9.63. The van der Waals surface area contributed by atoms with Crippen LogP contribution in [0.2, 0.25) is 0 Å². The van der Waals surface area contributed by atoms with Crippen molar-refractivity contribution in [1.29, 1.82) is 0 Å². The third kappa shape index (κ3) is 6.37. The summed E-state index contributed by atoms with van der Waals surface area (Å²) in [6.07, 6.45) is 21.4. The Labute approximate surface area is 331 Å². The molecule has 0 fully saturated rings. The molecule has 3 aromatic rings. The average molecular weight is 732 g/mol. The lowest BCUT2D eigenvalue weighted by Gasteiger charge is -2.42. The fourth-order valence-electron chi connectivity index (χ4n) is 9.48. The van der Waals surface area contributed by atoms with Gasteiger partial charge in [-0.25, -0.2) is 0 Å². The molecule has 0 bridgehead atoms. The second-order valence-electron chi connectivity index (χ2n) is 18.9. The summed E-state index contributed by atoms with van der Waals surface area (Å²) in [5.74, 6) is 2.43. The molecular formula is C50H60BN2S. The van der Waals surface area contributed by atoms with E-state index >= 15 is 0 Å². The van der Waals surface area contributed by atoms with Gasteiger partial charge in [0.05, 0.1) is 17.8 Å². The van der Waals surface area contributed by atoms with E-state index in [1.54, 1.807) is 0 Å². The van der Waals surface area contributed by atoms with Crippen molar-refractivity contribution in [2.24, 2.45) is 5.41 Å². The van der Waals surface area contributed by atoms with Crippen LogP contribution in [0.25, 0.3) is 10.1 Å². The van der Waals surface area contributed by atoms with Crippen molar-refractivity contribution in [2.45, 2.75) is 123 Å². The number of fused-ring (bicyclic) bond motifs is 5. The predicted molar refractivity (Wildman–Crippen MR) is 238 cm³/mol. The third-order valence-electron chi connectivity index (χ3n) is 13.1. The molecule has 1 aliphatic heterocycles. The number of hydrogen-bond donors (Lipinski definition) is 0. The number of benzene rings is 2. The largest absolute Gasteiger partial charge is 0.345 e. The Balaban J connectivity index is 1.44. The predicted octanol–water partition coefficient (Wildman–Crippen LogP) is 12.6. The Morgan fingerprint density at radius 2 is 1.63 bits per heavy atom. The van der Waals surface area contributed by atoms with Crippen LogP contribution in [-0.4, -0.2) is 24.3 Å². The standard InChI is InChI=1S/C50H60BN2S/c1-14-18-35-25-28-52(42(15-2)44-33(4)50(12,13)39-20-17-16-19-37(39)44)32(3)31-51-46-45(53(35)36-23-21-34(22-24-36)47(5,6)7)38-29-40-41(30-43(38)54-46)49(10,11)27-26-48(40,8)9/h14-23,25,28-31,36,42,44H,1-2,4,24,26-27H2,3,5-13H3/b28-25+,32-31-,35-18+. The van der Waals surface area contributed by atoms with Crippen LogP contribution >= 0.6 is 11.3 Å². The van der Waals surface area contributed by atoms with Crippen LogP contribution in [0.15, 0.2) is 133 Å². The second kappa shape index (κ2) is 13.6. The Morgan fingerprint density at radius 3 is 2.26 bits per heavy atom. The third-order valence-corrected chi connectivity index (χ3v) is 14.2. The van der Waals surface area contributed by atoms with Crippen molar-refractivity contribution in [3.63, 3.8) is 0 Å². The maximum atomic E-state index is 4.75. The smallest absolute Gasteiger partial charge is 0.200 e. The lowest BCUT2D eigenvalue weighted by molar-refractivity contribution is 0.332. The van der Waals surface area contributed by atoms with Crippen molar-refractivity contribution in [3.05, 3.63) is 156 Å². The van der Waals surface area contributed by atoms with Crippen LogP contribution in [0.1, 0.15) is 117 Å². The van der Waals surface area contributed by atoms with E-state index in [0.29, 0.717) is 0 Å². The van der Waals surface area contributed by atoms with E-state index in [4.69, 9.17) is 6.58 Å². The van der Waals surface area contributed by atoms with Crippen molar-refractivity contribution in [1.82, 2.24) is 4.90 Å². The minimum absolute atomic E-state index is 0.0240. The van der Waals surface area contributed by atoms with Crippen molar-refractivity contribution in [2.75, 3.05) is 4.90 Å². The summed E-state index contributed by atoms with van der Waals surface area (Å²) in [5, 5.41) is 1.34. The molecule has 0 spiro atoms. The zero-order valence-corrected chi connectivity index (χ0v) is 35.3. The van der Waals surface area contributed by atoms with Gasteiger partial charge in [0.1, 0.15) is 0 Å². The Bertz CT molecular complexity index is 2190.